The highest BCUT2D eigenvalue weighted by Crippen LogP contribution is 2.24. The summed E-state index contributed by atoms with van der Waals surface area (Å²) >= 11 is 5.06. The van der Waals surface area contributed by atoms with E-state index in [9.17, 15) is 4.79 Å². The molecule has 0 aliphatic carbocycles. The second kappa shape index (κ2) is 5.47. The monoisotopic (exact) mass is 309 g/mol. The molecule has 0 N–H and O–H groups in total. The van der Waals surface area contributed by atoms with E-state index >= 15 is 0 Å². The van der Waals surface area contributed by atoms with Gasteiger partial charge >= 0.3 is 0 Å². The molecule has 0 bridgehead atoms. The Morgan fingerprint density at radius 3 is 2.88 bits per heavy atom. The summed E-state index contributed by atoms with van der Waals surface area (Å²) in [6.45, 7) is 0.811. The van der Waals surface area contributed by atoms with Crippen LogP contribution >= 0.6 is 27.3 Å². The van der Waals surface area contributed by atoms with Crippen LogP contribution < -0.4 is 4.90 Å². The lowest BCUT2D eigenvalue weighted by molar-refractivity contribution is 0.112. The molecule has 2 aromatic rings. The van der Waals surface area contributed by atoms with Crippen molar-refractivity contribution in [2.24, 2.45) is 0 Å². The fraction of sp³-hybridized carbons (Fsp3) is 0.154. The zero-order valence-corrected chi connectivity index (χ0v) is 11.8. The number of aldehydes is 1. The summed E-state index contributed by atoms with van der Waals surface area (Å²) < 4.78 is 0.923. The van der Waals surface area contributed by atoms with Crippen LogP contribution in [-0.4, -0.2) is 13.3 Å². The van der Waals surface area contributed by atoms with Crippen LogP contribution in [0.2, 0.25) is 0 Å². The normalized spacial score (nSPS) is 10.2. The first-order valence-corrected chi connectivity index (χ1v) is 6.91. The number of carbonyl (C=O) groups is 1. The van der Waals surface area contributed by atoms with E-state index in [4.69, 9.17) is 0 Å². The molecule has 0 saturated carbocycles. The number of hydrogen-bond donors (Lipinski definition) is 0. The Kier molecular flexibility index (Phi) is 3.97. The van der Waals surface area contributed by atoms with Crippen LogP contribution in [0.4, 0.5) is 5.69 Å². The standard InChI is InChI=1S/C13H12BrNOS/c1-15(7-10-4-5-17-9-10)13-3-2-12(14)6-11(13)8-16/h2-6,8-9H,7H2,1H3. The minimum Gasteiger partial charge on any atom is -0.370 e. The first kappa shape index (κ1) is 12.3. The van der Waals surface area contributed by atoms with E-state index in [0.29, 0.717) is 5.56 Å². The van der Waals surface area contributed by atoms with Crippen LogP contribution in [0.1, 0.15) is 15.9 Å². The molecule has 0 amide bonds. The van der Waals surface area contributed by atoms with Gasteiger partial charge in [0.25, 0.3) is 0 Å². The molecular formula is C13H12BrNOS. The average Bonchev–Trinajstić information content (AvgIpc) is 2.81. The van der Waals surface area contributed by atoms with Gasteiger partial charge in [-0.15, -0.1) is 0 Å². The molecule has 0 aliphatic rings. The first-order valence-electron chi connectivity index (χ1n) is 5.17. The van der Waals surface area contributed by atoms with Crippen molar-refractivity contribution in [3.63, 3.8) is 0 Å². The van der Waals surface area contributed by atoms with Gasteiger partial charge in [-0.05, 0) is 40.6 Å². The third kappa shape index (κ3) is 2.96. The van der Waals surface area contributed by atoms with Crippen molar-refractivity contribution in [3.8, 4) is 0 Å². The van der Waals surface area contributed by atoms with E-state index in [-0.39, 0.29) is 0 Å². The van der Waals surface area contributed by atoms with Crippen molar-refractivity contribution < 1.29 is 4.79 Å². The molecule has 0 fully saturated rings. The van der Waals surface area contributed by atoms with Crippen LogP contribution in [0.15, 0.2) is 39.5 Å². The van der Waals surface area contributed by atoms with Gasteiger partial charge in [-0.2, -0.15) is 11.3 Å². The maximum Gasteiger partial charge on any atom is 0.152 e. The number of anilines is 1. The van der Waals surface area contributed by atoms with Crippen LogP contribution in [0.3, 0.4) is 0 Å². The molecule has 0 aliphatic heterocycles. The van der Waals surface area contributed by atoms with Crippen molar-refractivity contribution >= 4 is 39.2 Å². The molecule has 17 heavy (non-hydrogen) atoms. The lowest BCUT2D eigenvalue weighted by atomic mass is 10.1. The van der Waals surface area contributed by atoms with E-state index < -0.39 is 0 Å². The quantitative estimate of drug-likeness (QED) is 0.797. The Morgan fingerprint density at radius 1 is 1.41 bits per heavy atom. The number of carbonyl (C=O) groups excluding carboxylic acids is 1. The summed E-state index contributed by atoms with van der Waals surface area (Å²) in [6, 6.07) is 7.85. The Morgan fingerprint density at radius 2 is 2.24 bits per heavy atom. The Labute approximate surface area is 113 Å². The summed E-state index contributed by atoms with van der Waals surface area (Å²) in [5.41, 5.74) is 2.92. The first-order chi connectivity index (χ1) is 8.20. The third-order valence-corrected chi connectivity index (χ3v) is 3.75. The fourth-order valence-electron chi connectivity index (χ4n) is 1.71. The molecule has 4 heteroatoms. The van der Waals surface area contributed by atoms with Crippen molar-refractivity contribution in [2.45, 2.75) is 6.54 Å². The van der Waals surface area contributed by atoms with Gasteiger partial charge < -0.3 is 4.90 Å². The summed E-state index contributed by atoms with van der Waals surface area (Å²) in [5, 5.41) is 4.18. The lowest BCUT2D eigenvalue weighted by Crippen LogP contribution is -2.17. The van der Waals surface area contributed by atoms with Crippen molar-refractivity contribution in [2.75, 3.05) is 11.9 Å². The van der Waals surface area contributed by atoms with Gasteiger partial charge in [-0.3, -0.25) is 4.79 Å². The van der Waals surface area contributed by atoms with Gasteiger partial charge in [0.15, 0.2) is 6.29 Å². The van der Waals surface area contributed by atoms with Gasteiger partial charge in [0.2, 0.25) is 0 Å². The Bertz CT molecular complexity index is 510. The van der Waals surface area contributed by atoms with Crippen LogP contribution in [-0.2, 0) is 6.54 Å². The minimum atomic E-state index is 0.706. The largest absolute Gasteiger partial charge is 0.370 e. The predicted molar refractivity (Wildman–Crippen MR) is 76.0 cm³/mol. The van der Waals surface area contributed by atoms with Crippen LogP contribution in [0, 0.1) is 0 Å². The number of hydrogen-bond acceptors (Lipinski definition) is 3. The topological polar surface area (TPSA) is 20.3 Å². The van der Waals surface area contributed by atoms with Gasteiger partial charge in [-0.25, -0.2) is 0 Å². The van der Waals surface area contributed by atoms with E-state index in [2.05, 4.69) is 37.7 Å². The molecule has 0 unspecified atom stereocenters. The Hall–Kier alpha value is -1.13. The number of halogens is 1. The van der Waals surface area contributed by atoms with E-state index in [1.807, 2.05) is 25.2 Å². The van der Waals surface area contributed by atoms with Gasteiger partial charge in [-0.1, -0.05) is 15.9 Å². The highest BCUT2D eigenvalue weighted by atomic mass is 79.9. The fourth-order valence-corrected chi connectivity index (χ4v) is 2.75. The number of rotatable bonds is 4. The molecular weight excluding hydrogens is 298 g/mol. The van der Waals surface area contributed by atoms with Crippen LogP contribution in [0.5, 0.6) is 0 Å². The Balaban J connectivity index is 2.24. The van der Waals surface area contributed by atoms with E-state index in [1.165, 1.54) is 5.56 Å². The molecule has 0 saturated heterocycles. The maximum absolute atomic E-state index is 11.0. The van der Waals surface area contributed by atoms with E-state index in [1.54, 1.807) is 11.3 Å². The molecule has 1 aromatic heterocycles. The molecule has 1 heterocycles. The lowest BCUT2D eigenvalue weighted by Gasteiger charge is -2.20. The third-order valence-electron chi connectivity index (χ3n) is 2.53. The average molecular weight is 310 g/mol. The molecule has 88 valence electrons. The number of benzene rings is 1. The SMILES string of the molecule is CN(Cc1ccsc1)c1ccc(Br)cc1C=O. The second-order valence-corrected chi connectivity index (χ2v) is 5.50. The van der Waals surface area contributed by atoms with Gasteiger partial charge in [0.05, 0.1) is 0 Å². The molecule has 2 rings (SSSR count). The highest BCUT2D eigenvalue weighted by molar-refractivity contribution is 9.10. The van der Waals surface area contributed by atoms with Crippen molar-refractivity contribution in [1.29, 1.82) is 0 Å². The summed E-state index contributed by atoms with van der Waals surface area (Å²) in [6.07, 6.45) is 0.893. The molecule has 0 radical (unpaired) electrons. The van der Waals surface area contributed by atoms with Crippen LogP contribution in [0.25, 0.3) is 0 Å². The summed E-state index contributed by atoms with van der Waals surface area (Å²) in [5.74, 6) is 0. The second-order valence-electron chi connectivity index (χ2n) is 3.81. The molecule has 0 atom stereocenters. The smallest absolute Gasteiger partial charge is 0.152 e. The van der Waals surface area contributed by atoms with Crippen molar-refractivity contribution in [1.82, 2.24) is 0 Å². The summed E-state index contributed by atoms with van der Waals surface area (Å²) in [7, 11) is 1.99. The zero-order valence-electron chi connectivity index (χ0n) is 9.39. The maximum atomic E-state index is 11.0. The zero-order chi connectivity index (χ0) is 12.3. The minimum absolute atomic E-state index is 0.706. The molecule has 1 aromatic carbocycles. The predicted octanol–water partition coefficient (Wildman–Crippen LogP) is 3.96. The number of thiophene rings is 1. The summed E-state index contributed by atoms with van der Waals surface area (Å²) in [4.78, 5) is 13.1. The molecule has 0 spiro atoms. The van der Waals surface area contributed by atoms with Gasteiger partial charge in [0.1, 0.15) is 0 Å². The van der Waals surface area contributed by atoms with E-state index in [0.717, 1.165) is 23.0 Å². The highest BCUT2D eigenvalue weighted by Gasteiger charge is 2.08. The molecule has 2 nitrogen and oxygen atoms in total. The van der Waals surface area contributed by atoms with Gasteiger partial charge in [0, 0.05) is 29.3 Å². The van der Waals surface area contributed by atoms with Crippen molar-refractivity contribution in [3.05, 3.63) is 50.6 Å². The number of nitrogens with zero attached hydrogens (tertiary/aromatic N) is 1.